The molecule has 0 N–H and O–H groups in total. The number of hydrogen-bond acceptors (Lipinski definition) is 1. The molecule has 0 bridgehead atoms. The predicted octanol–water partition coefficient (Wildman–Crippen LogP) is 4.33. The minimum atomic E-state index is -0.634. The Hall–Kier alpha value is -0.570. The smallest absolute Gasteiger partial charge is 0.161 e. The molecule has 1 nitrogen and oxygen atoms in total. The number of hydrogen-bond donors (Lipinski definition) is 0. The maximum Gasteiger partial charge on any atom is 0.161 e. The summed E-state index contributed by atoms with van der Waals surface area (Å²) in [5.74, 6) is -0.634. The summed E-state index contributed by atoms with van der Waals surface area (Å²) in [6.45, 7) is 0. The molecule has 0 aliphatic heterocycles. The fourth-order valence-electron chi connectivity index (χ4n) is 1.15. The zero-order chi connectivity index (χ0) is 10.3. The van der Waals surface area contributed by atoms with Crippen LogP contribution in [-0.2, 0) is 0 Å². The molecule has 5 heteroatoms. The molecule has 0 spiro atoms. The lowest BCUT2D eigenvalue weighted by Crippen LogP contribution is -1.85. The fourth-order valence-corrected chi connectivity index (χ4v) is 1.81. The number of benzene rings is 1. The van der Waals surface area contributed by atoms with E-state index in [9.17, 15) is 4.39 Å². The number of fused-ring (bicyclic) bond motifs is 1. The van der Waals surface area contributed by atoms with Crippen molar-refractivity contribution in [1.29, 1.82) is 0 Å². The highest BCUT2D eigenvalue weighted by molar-refractivity contribution is 6.39. The summed E-state index contributed by atoms with van der Waals surface area (Å²) in [7, 11) is 0. The molecule has 0 aliphatic carbocycles. The van der Waals surface area contributed by atoms with Gasteiger partial charge in [0, 0.05) is 5.39 Å². The summed E-state index contributed by atoms with van der Waals surface area (Å²) in [6, 6.07) is 4.54. The number of nitrogens with zero attached hydrogens (tertiary/aromatic N) is 1. The third kappa shape index (κ3) is 1.54. The van der Waals surface area contributed by atoms with Crippen LogP contribution in [-0.4, -0.2) is 4.98 Å². The molecule has 72 valence electrons. The quantitative estimate of drug-likeness (QED) is 0.501. The maximum atomic E-state index is 13.2. The predicted molar refractivity (Wildman–Crippen MR) is 56.7 cm³/mol. The van der Waals surface area contributed by atoms with E-state index < -0.39 is 5.82 Å². The standard InChI is InChI=1S/C9H3Cl3FN/c10-5-3-6-4(8(12)9(5)13)1-2-7(11)14-6/h1-3H. The van der Waals surface area contributed by atoms with Gasteiger partial charge in [0.2, 0.25) is 0 Å². The first-order valence-corrected chi connectivity index (χ1v) is 4.83. The van der Waals surface area contributed by atoms with E-state index in [0.717, 1.165) is 0 Å². The van der Waals surface area contributed by atoms with E-state index in [1.54, 1.807) is 12.1 Å². The Labute approximate surface area is 94.4 Å². The van der Waals surface area contributed by atoms with Crippen LogP contribution in [0.2, 0.25) is 15.2 Å². The highest BCUT2D eigenvalue weighted by atomic mass is 35.5. The van der Waals surface area contributed by atoms with Crippen LogP contribution in [0, 0.1) is 5.82 Å². The molecule has 2 aromatic rings. The third-order valence-corrected chi connectivity index (χ3v) is 2.65. The number of halogens is 4. The van der Waals surface area contributed by atoms with Crippen LogP contribution >= 0.6 is 34.8 Å². The summed E-state index contributed by atoms with van der Waals surface area (Å²) in [4.78, 5) is 3.97. The van der Waals surface area contributed by atoms with E-state index in [1.165, 1.54) is 6.07 Å². The van der Waals surface area contributed by atoms with E-state index in [1.807, 2.05) is 0 Å². The molecule has 1 aromatic carbocycles. The molecule has 0 atom stereocenters. The maximum absolute atomic E-state index is 13.2. The van der Waals surface area contributed by atoms with Gasteiger partial charge in [-0.05, 0) is 18.2 Å². The first-order valence-electron chi connectivity index (χ1n) is 3.69. The highest BCUT2D eigenvalue weighted by Crippen LogP contribution is 2.31. The van der Waals surface area contributed by atoms with E-state index in [2.05, 4.69) is 4.98 Å². The fraction of sp³-hybridized carbons (Fsp3) is 0. The molecule has 1 heterocycles. The Balaban J connectivity index is 2.91. The van der Waals surface area contributed by atoms with Crippen molar-refractivity contribution < 1.29 is 4.39 Å². The zero-order valence-corrected chi connectivity index (χ0v) is 8.96. The first-order chi connectivity index (χ1) is 6.59. The Morgan fingerprint density at radius 3 is 2.57 bits per heavy atom. The van der Waals surface area contributed by atoms with Gasteiger partial charge in [-0.3, -0.25) is 0 Å². The van der Waals surface area contributed by atoms with E-state index >= 15 is 0 Å². The van der Waals surface area contributed by atoms with Crippen molar-refractivity contribution in [1.82, 2.24) is 4.98 Å². The normalized spacial score (nSPS) is 10.9. The average Bonchev–Trinajstić information content (AvgIpc) is 2.14. The molecular weight excluding hydrogens is 247 g/mol. The summed E-state index contributed by atoms with van der Waals surface area (Å²) in [5.41, 5.74) is 0.480. The number of rotatable bonds is 0. The Morgan fingerprint density at radius 1 is 1.14 bits per heavy atom. The second-order valence-electron chi connectivity index (χ2n) is 2.69. The number of pyridine rings is 1. The second-order valence-corrected chi connectivity index (χ2v) is 3.86. The molecular formula is C9H3Cl3FN. The van der Waals surface area contributed by atoms with E-state index in [0.29, 0.717) is 16.1 Å². The Bertz CT molecular complexity index is 513. The van der Waals surface area contributed by atoms with Crippen LogP contribution in [0.15, 0.2) is 18.2 Å². The molecule has 0 radical (unpaired) electrons. The Morgan fingerprint density at radius 2 is 1.86 bits per heavy atom. The lowest BCUT2D eigenvalue weighted by molar-refractivity contribution is 0.630. The lowest BCUT2D eigenvalue weighted by Gasteiger charge is -2.03. The molecule has 2 rings (SSSR count). The summed E-state index contributed by atoms with van der Waals surface area (Å²) < 4.78 is 13.2. The van der Waals surface area contributed by atoms with Gasteiger partial charge in [-0.25, -0.2) is 9.37 Å². The van der Waals surface area contributed by atoms with Crippen molar-refractivity contribution in [2.75, 3.05) is 0 Å². The van der Waals surface area contributed by atoms with Gasteiger partial charge in [0.25, 0.3) is 0 Å². The average molecular weight is 250 g/mol. The van der Waals surface area contributed by atoms with Crippen LogP contribution in [0.5, 0.6) is 0 Å². The SMILES string of the molecule is Fc1c(Cl)cc2nc(Cl)ccc2c1Cl. The minimum absolute atomic E-state index is 0.0309. The number of aromatic nitrogens is 1. The van der Waals surface area contributed by atoms with Crippen molar-refractivity contribution >= 4 is 45.7 Å². The molecule has 0 aliphatic rings. The molecule has 0 saturated heterocycles. The van der Waals surface area contributed by atoms with Gasteiger partial charge in [-0.2, -0.15) is 0 Å². The third-order valence-electron chi connectivity index (χ3n) is 1.79. The summed E-state index contributed by atoms with van der Waals surface area (Å²) >= 11 is 17.0. The van der Waals surface area contributed by atoms with E-state index in [4.69, 9.17) is 34.8 Å². The van der Waals surface area contributed by atoms with Gasteiger partial charge < -0.3 is 0 Å². The Kier molecular flexibility index (Phi) is 2.52. The molecule has 1 aromatic heterocycles. The largest absolute Gasteiger partial charge is 0.236 e. The van der Waals surface area contributed by atoms with Crippen LogP contribution in [0.25, 0.3) is 10.9 Å². The van der Waals surface area contributed by atoms with Crippen molar-refractivity contribution in [3.63, 3.8) is 0 Å². The monoisotopic (exact) mass is 249 g/mol. The van der Waals surface area contributed by atoms with Crippen molar-refractivity contribution in [2.45, 2.75) is 0 Å². The van der Waals surface area contributed by atoms with E-state index in [-0.39, 0.29) is 10.0 Å². The van der Waals surface area contributed by atoms with Gasteiger partial charge in [0.1, 0.15) is 5.15 Å². The summed E-state index contributed by atoms with van der Waals surface area (Å²) in [5, 5.41) is 0.725. The lowest BCUT2D eigenvalue weighted by atomic mass is 10.2. The molecule has 0 saturated carbocycles. The molecule has 0 unspecified atom stereocenters. The van der Waals surface area contributed by atoms with Gasteiger partial charge in [0.05, 0.1) is 15.6 Å². The molecule has 14 heavy (non-hydrogen) atoms. The van der Waals surface area contributed by atoms with Crippen molar-refractivity contribution in [2.24, 2.45) is 0 Å². The van der Waals surface area contributed by atoms with Crippen molar-refractivity contribution in [3.8, 4) is 0 Å². The van der Waals surface area contributed by atoms with Crippen LogP contribution in [0.4, 0.5) is 4.39 Å². The van der Waals surface area contributed by atoms with Gasteiger partial charge in [-0.1, -0.05) is 34.8 Å². The van der Waals surface area contributed by atoms with Crippen LogP contribution in [0.1, 0.15) is 0 Å². The highest BCUT2D eigenvalue weighted by Gasteiger charge is 2.11. The van der Waals surface area contributed by atoms with Crippen LogP contribution < -0.4 is 0 Å². The summed E-state index contributed by atoms with van der Waals surface area (Å²) in [6.07, 6.45) is 0. The van der Waals surface area contributed by atoms with Gasteiger partial charge >= 0.3 is 0 Å². The molecule has 0 fully saturated rings. The zero-order valence-electron chi connectivity index (χ0n) is 6.69. The first kappa shape index (κ1) is 9.97. The van der Waals surface area contributed by atoms with Crippen molar-refractivity contribution in [3.05, 3.63) is 39.2 Å². The molecule has 0 amide bonds. The topological polar surface area (TPSA) is 12.9 Å². The van der Waals surface area contributed by atoms with Gasteiger partial charge in [-0.15, -0.1) is 0 Å². The minimum Gasteiger partial charge on any atom is -0.236 e. The van der Waals surface area contributed by atoms with Crippen LogP contribution in [0.3, 0.4) is 0 Å². The second kappa shape index (κ2) is 3.54. The van der Waals surface area contributed by atoms with Gasteiger partial charge in [0.15, 0.2) is 5.82 Å².